The van der Waals surface area contributed by atoms with E-state index >= 15 is 0 Å². The Morgan fingerprint density at radius 1 is 1.16 bits per heavy atom. The van der Waals surface area contributed by atoms with Crippen LogP contribution >= 0.6 is 0 Å². The second kappa shape index (κ2) is 6.10. The fraction of sp³-hybridized carbons (Fsp3) is 0.455. The molecule has 0 aliphatic carbocycles. The van der Waals surface area contributed by atoms with Crippen molar-refractivity contribution in [1.82, 2.24) is 25.4 Å². The molecule has 0 atom stereocenters. The van der Waals surface area contributed by atoms with Gasteiger partial charge in [-0.2, -0.15) is 4.98 Å². The van der Waals surface area contributed by atoms with Crippen LogP contribution in [0.3, 0.4) is 0 Å². The first-order valence-corrected chi connectivity index (χ1v) is 5.66. The van der Waals surface area contributed by atoms with Crippen molar-refractivity contribution in [3.63, 3.8) is 0 Å². The lowest BCUT2D eigenvalue weighted by Gasteiger charge is -2.10. The molecule has 0 spiro atoms. The van der Waals surface area contributed by atoms with Crippen LogP contribution < -0.4 is 14.8 Å². The summed E-state index contributed by atoms with van der Waals surface area (Å²) >= 11 is 0. The molecule has 0 unspecified atom stereocenters. The number of rotatable bonds is 6. The van der Waals surface area contributed by atoms with Crippen molar-refractivity contribution in [2.45, 2.75) is 20.0 Å². The molecule has 2 heterocycles. The van der Waals surface area contributed by atoms with Crippen LogP contribution in [0, 0.1) is 6.92 Å². The molecular formula is C11H15N5O3. The fourth-order valence-corrected chi connectivity index (χ4v) is 1.59. The standard InChI is InChI=1S/C11H15N5O3/c1-7-15-9(19-16-7)5-12-4-8-10(17-2)13-6-14-11(8)18-3/h6,12H,4-5H2,1-3H3. The van der Waals surface area contributed by atoms with E-state index in [1.165, 1.54) is 6.33 Å². The van der Waals surface area contributed by atoms with E-state index in [0.717, 1.165) is 5.56 Å². The van der Waals surface area contributed by atoms with Crippen molar-refractivity contribution in [2.75, 3.05) is 14.2 Å². The number of hydrogen-bond donors (Lipinski definition) is 1. The van der Waals surface area contributed by atoms with E-state index in [1.54, 1.807) is 21.1 Å². The first-order valence-electron chi connectivity index (χ1n) is 5.66. The van der Waals surface area contributed by atoms with Crippen LogP contribution in [-0.4, -0.2) is 34.3 Å². The first kappa shape index (κ1) is 13.2. The van der Waals surface area contributed by atoms with Gasteiger partial charge in [-0.1, -0.05) is 5.16 Å². The molecule has 8 heteroatoms. The molecule has 2 aromatic rings. The molecule has 0 saturated carbocycles. The van der Waals surface area contributed by atoms with Crippen molar-refractivity contribution >= 4 is 0 Å². The zero-order chi connectivity index (χ0) is 13.7. The van der Waals surface area contributed by atoms with Gasteiger partial charge in [-0.25, -0.2) is 9.97 Å². The zero-order valence-corrected chi connectivity index (χ0v) is 11.0. The predicted molar refractivity (Wildman–Crippen MR) is 64.7 cm³/mol. The monoisotopic (exact) mass is 265 g/mol. The molecule has 2 rings (SSSR count). The summed E-state index contributed by atoms with van der Waals surface area (Å²) in [6, 6.07) is 0. The third-order valence-corrected chi connectivity index (χ3v) is 2.40. The average Bonchev–Trinajstić information content (AvgIpc) is 2.84. The fourth-order valence-electron chi connectivity index (χ4n) is 1.59. The van der Waals surface area contributed by atoms with Crippen LogP contribution in [-0.2, 0) is 13.1 Å². The first-order chi connectivity index (χ1) is 9.24. The smallest absolute Gasteiger partial charge is 0.240 e. The van der Waals surface area contributed by atoms with Gasteiger partial charge in [0, 0.05) is 6.54 Å². The lowest BCUT2D eigenvalue weighted by atomic mass is 10.3. The molecule has 19 heavy (non-hydrogen) atoms. The van der Waals surface area contributed by atoms with E-state index in [-0.39, 0.29) is 0 Å². The Morgan fingerprint density at radius 2 is 1.84 bits per heavy atom. The molecule has 0 aliphatic rings. The highest BCUT2D eigenvalue weighted by molar-refractivity contribution is 5.34. The summed E-state index contributed by atoms with van der Waals surface area (Å²) < 4.78 is 15.3. The van der Waals surface area contributed by atoms with Gasteiger partial charge in [-0.15, -0.1) is 0 Å². The number of nitrogens with one attached hydrogen (secondary N) is 1. The quantitative estimate of drug-likeness (QED) is 0.805. The molecule has 0 aromatic carbocycles. The van der Waals surface area contributed by atoms with E-state index < -0.39 is 0 Å². The molecule has 0 radical (unpaired) electrons. The van der Waals surface area contributed by atoms with Crippen molar-refractivity contribution in [1.29, 1.82) is 0 Å². The minimum absolute atomic E-state index is 0.446. The van der Waals surface area contributed by atoms with Gasteiger partial charge < -0.3 is 19.3 Å². The van der Waals surface area contributed by atoms with Crippen LogP contribution in [0.4, 0.5) is 0 Å². The van der Waals surface area contributed by atoms with Gasteiger partial charge in [-0.05, 0) is 6.92 Å². The minimum Gasteiger partial charge on any atom is -0.481 e. The van der Waals surface area contributed by atoms with Crippen molar-refractivity contribution in [3.8, 4) is 11.8 Å². The second-order valence-corrected chi connectivity index (χ2v) is 3.71. The van der Waals surface area contributed by atoms with Crippen LogP contribution in [0.15, 0.2) is 10.9 Å². The lowest BCUT2D eigenvalue weighted by molar-refractivity contribution is 0.350. The Labute approximate surface area is 110 Å². The normalized spacial score (nSPS) is 10.5. The summed E-state index contributed by atoms with van der Waals surface area (Å²) in [6.07, 6.45) is 1.39. The van der Waals surface area contributed by atoms with Gasteiger partial charge >= 0.3 is 0 Å². The molecular weight excluding hydrogens is 250 g/mol. The Bertz CT molecular complexity index is 521. The molecule has 0 saturated heterocycles. The summed E-state index contributed by atoms with van der Waals surface area (Å²) in [5.74, 6) is 2.07. The third-order valence-electron chi connectivity index (χ3n) is 2.40. The summed E-state index contributed by atoms with van der Waals surface area (Å²) in [7, 11) is 3.10. The second-order valence-electron chi connectivity index (χ2n) is 3.71. The maximum Gasteiger partial charge on any atom is 0.240 e. The molecule has 0 amide bonds. The summed E-state index contributed by atoms with van der Waals surface area (Å²) in [6.45, 7) is 2.68. The van der Waals surface area contributed by atoms with Crippen molar-refractivity contribution in [2.24, 2.45) is 0 Å². The van der Waals surface area contributed by atoms with E-state index in [1.807, 2.05) is 0 Å². The zero-order valence-electron chi connectivity index (χ0n) is 11.0. The number of aromatic nitrogens is 4. The number of nitrogens with zero attached hydrogens (tertiary/aromatic N) is 4. The molecule has 0 fully saturated rings. The molecule has 1 N–H and O–H groups in total. The Kier molecular flexibility index (Phi) is 4.24. The SMILES string of the molecule is COc1ncnc(OC)c1CNCc1nc(C)no1. The van der Waals surface area contributed by atoms with Crippen molar-refractivity contribution in [3.05, 3.63) is 23.6 Å². The highest BCUT2D eigenvalue weighted by Gasteiger charge is 2.12. The average molecular weight is 265 g/mol. The van der Waals surface area contributed by atoms with E-state index in [9.17, 15) is 0 Å². The highest BCUT2D eigenvalue weighted by Crippen LogP contribution is 2.22. The Hall–Kier alpha value is -2.22. The topological polar surface area (TPSA) is 95.2 Å². The Balaban J connectivity index is 2.02. The van der Waals surface area contributed by atoms with Crippen molar-refractivity contribution < 1.29 is 14.0 Å². The highest BCUT2D eigenvalue weighted by atomic mass is 16.5. The van der Waals surface area contributed by atoms with E-state index in [2.05, 4.69) is 25.4 Å². The summed E-state index contributed by atoms with van der Waals surface area (Å²) in [5, 5.41) is 6.85. The molecule has 102 valence electrons. The third kappa shape index (κ3) is 3.16. The van der Waals surface area contributed by atoms with Gasteiger partial charge in [0.15, 0.2) is 5.82 Å². The van der Waals surface area contributed by atoms with Crippen LogP contribution in [0.5, 0.6) is 11.8 Å². The maximum absolute atomic E-state index is 5.17. The predicted octanol–water partition coefficient (Wildman–Crippen LogP) is 0.475. The number of aryl methyl sites for hydroxylation is 1. The van der Waals surface area contributed by atoms with Gasteiger partial charge in [0.2, 0.25) is 17.7 Å². The molecule has 8 nitrogen and oxygen atoms in total. The Morgan fingerprint density at radius 3 is 2.37 bits per heavy atom. The van der Waals surface area contributed by atoms with E-state index in [4.69, 9.17) is 14.0 Å². The molecule has 0 bridgehead atoms. The molecule has 2 aromatic heterocycles. The van der Waals surface area contributed by atoms with Gasteiger partial charge in [0.25, 0.3) is 0 Å². The summed E-state index contributed by atoms with van der Waals surface area (Å²) in [5.41, 5.74) is 0.740. The van der Waals surface area contributed by atoms with Crippen LogP contribution in [0.2, 0.25) is 0 Å². The van der Waals surface area contributed by atoms with E-state index in [0.29, 0.717) is 36.6 Å². The maximum atomic E-state index is 5.17. The minimum atomic E-state index is 0.446. The lowest BCUT2D eigenvalue weighted by Crippen LogP contribution is -2.15. The molecule has 0 aliphatic heterocycles. The number of ether oxygens (including phenoxy) is 2. The summed E-state index contributed by atoms with van der Waals surface area (Å²) in [4.78, 5) is 12.2. The van der Waals surface area contributed by atoms with Gasteiger partial charge in [0.05, 0.1) is 26.3 Å². The number of hydrogen-bond acceptors (Lipinski definition) is 8. The van der Waals surface area contributed by atoms with Crippen LogP contribution in [0.25, 0.3) is 0 Å². The van der Waals surface area contributed by atoms with Gasteiger partial charge in [-0.3, -0.25) is 0 Å². The number of methoxy groups -OCH3 is 2. The largest absolute Gasteiger partial charge is 0.481 e. The van der Waals surface area contributed by atoms with Gasteiger partial charge in [0.1, 0.15) is 6.33 Å². The van der Waals surface area contributed by atoms with Crippen LogP contribution in [0.1, 0.15) is 17.3 Å².